The van der Waals surface area contributed by atoms with Crippen molar-refractivity contribution in [3.05, 3.63) is 23.2 Å². The molecule has 0 aliphatic rings. The molecule has 9 heteroatoms. The van der Waals surface area contributed by atoms with Crippen molar-refractivity contribution in [3.63, 3.8) is 0 Å². The molecule has 140 valence electrons. The molecule has 0 saturated heterocycles. The van der Waals surface area contributed by atoms with E-state index in [0.29, 0.717) is 16.5 Å². The van der Waals surface area contributed by atoms with Crippen molar-refractivity contribution in [1.82, 2.24) is 4.90 Å². The Morgan fingerprint density at radius 2 is 1.88 bits per heavy atom. The number of hydrogen-bond donors (Lipinski definition) is 1. The van der Waals surface area contributed by atoms with Crippen LogP contribution in [0.1, 0.15) is 20.8 Å². The van der Waals surface area contributed by atoms with Crippen molar-refractivity contribution >= 4 is 38.9 Å². The molecule has 1 aromatic rings. The summed E-state index contributed by atoms with van der Waals surface area (Å²) in [5, 5.41) is 1.12. The Morgan fingerprint density at radius 1 is 1.28 bits per heavy atom. The number of ether oxygens (including phenoxy) is 1. The Kier molecular flexibility index (Phi) is 7.25. The summed E-state index contributed by atoms with van der Waals surface area (Å²) in [5.41, 5.74) is 0.365. The Balaban J connectivity index is 2.80. The molecule has 0 aliphatic carbocycles. The maximum atomic E-state index is 12.3. The number of methoxy groups -OCH3 is 1. The fraction of sp³-hybridized carbons (Fsp3) is 0.500. The van der Waals surface area contributed by atoms with Gasteiger partial charge in [0, 0.05) is 12.1 Å². The van der Waals surface area contributed by atoms with Crippen LogP contribution in [0.3, 0.4) is 0 Å². The van der Waals surface area contributed by atoms with E-state index in [4.69, 9.17) is 16.3 Å². The maximum absolute atomic E-state index is 12.3. The van der Waals surface area contributed by atoms with Crippen LogP contribution >= 0.6 is 11.6 Å². The Hall–Kier alpha value is -1.80. The van der Waals surface area contributed by atoms with E-state index in [1.807, 2.05) is 0 Å². The molecule has 25 heavy (non-hydrogen) atoms. The third-order valence-electron chi connectivity index (χ3n) is 3.69. The van der Waals surface area contributed by atoms with Gasteiger partial charge in [0.1, 0.15) is 11.0 Å². The van der Waals surface area contributed by atoms with Crippen molar-refractivity contribution in [3.8, 4) is 5.75 Å². The minimum absolute atomic E-state index is 0.299. The van der Waals surface area contributed by atoms with Gasteiger partial charge >= 0.3 is 0 Å². The van der Waals surface area contributed by atoms with Crippen molar-refractivity contribution in [2.75, 3.05) is 26.0 Å². The largest absolute Gasteiger partial charge is 0.495 e. The average molecular weight is 391 g/mol. The SMILES string of the molecule is COc1ccc(Cl)cc1NC(=O)CN(C)C(=O)C(C)S(=O)(=O)C(C)C. The molecular formula is C16H23ClN2O5S. The van der Waals surface area contributed by atoms with E-state index in [1.54, 1.807) is 12.1 Å². The van der Waals surface area contributed by atoms with Crippen LogP contribution in [0.15, 0.2) is 18.2 Å². The normalized spacial score (nSPS) is 12.6. The monoisotopic (exact) mass is 390 g/mol. The molecule has 0 fully saturated rings. The standard InChI is InChI=1S/C16H23ClN2O5S/c1-10(2)25(22,23)11(3)16(21)19(4)9-15(20)18-13-8-12(17)6-7-14(13)24-5/h6-8,10-11H,9H2,1-5H3,(H,18,20). The molecule has 0 aliphatic heterocycles. The third-order valence-corrected chi connectivity index (χ3v) is 6.43. The highest BCUT2D eigenvalue weighted by atomic mass is 35.5. The number of anilines is 1. The molecule has 0 saturated carbocycles. The van der Waals surface area contributed by atoms with E-state index in [0.717, 1.165) is 4.90 Å². The summed E-state index contributed by atoms with van der Waals surface area (Å²) >= 11 is 5.90. The van der Waals surface area contributed by atoms with E-state index < -0.39 is 32.2 Å². The Labute approximate surface area is 153 Å². The zero-order valence-corrected chi connectivity index (χ0v) is 16.4. The summed E-state index contributed by atoms with van der Waals surface area (Å²) in [5.74, 6) is -0.713. The number of amides is 2. The van der Waals surface area contributed by atoms with E-state index in [1.165, 1.54) is 41.0 Å². The van der Waals surface area contributed by atoms with Gasteiger partial charge in [-0.3, -0.25) is 9.59 Å². The number of carbonyl (C=O) groups excluding carboxylic acids is 2. The second-order valence-corrected chi connectivity index (χ2v) is 9.13. The van der Waals surface area contributed by atoms with E-state index >= 15 is 0 Å². The number of nitrogens with one attached hydrogen (secondary N) is 1. The second kappa shape index (κ2) is 8.53. The summed E-state index contributed by atoms with van der Waals surface area (Å²) < 4.78 is 29.3. The summed E-state index contributed by atoms with van der Waals surface area (Å²) in [6.45, 7) is 4.05. The molecule has 1 N–H and O–H groups in total. The molecule has 0 aromatic heterocycles. The van der Waals surface area contributed by atoms with Gasteiger partial charge in [0.15, 0.2) is 9.84 Å². The number of sulfone groups is 1. The van der Waals surface area contributed by atoms with Crippen molar-refractivity contribution in [2.24, 2.45) is 0 Å². The fourth-order valence-corrected chi connectivity index (χ4v) is 3.57. The van der Waals surface area contributed by atoms with Crippen molar-refractivity contribution in [2.45, 2.75) is 31.3 Å². The topological polar surface area (TPSA) is 92.8 Å². The predicted molar refractivity (Wildman–Crippen MR) is 97.8 cm³/mol. The minimum Gasteiger partial charge on any atom is -0.495 e. The summed E-state index contributed by atoms with van der Waals surface area (Å²) in [6.07, 6.45) is 0. The van der Waals surface area contributed by atoms with Crippen LogP contribution in [-0.2, 0) is 19.4 Å². The van der Waals surface area contributed by atoms with Crippen LogP contribution in [0, 0.1) is 0 Å². The Morgan fingerprint density at radius 3 is 2.40 bits per heavy atom. The Bertz CT molecular complexity index is 749. The van der Waals surface area contributed by atoms with Gasteiger partial charge in [-0.15, -0.1) is 0 Å². The summed E-state index contributed by atoms with van der Waals surface area (Å²) in [7, 11) is -0.763. The molecule has 0 spiro atoms. The lowest BCUT2D eigenvalue weighted by molar-refractivity contribution is -0.132. The first-order chi connectivity index (χ1) is 11.5. The lowest BCUT2D eigenvalue weighted by Gasteiger charge is -2.22. The van der Waals surface area contributed by atoms with E-state index in [9.17, 15) is 18.0 Å². The van der Waals surface area contributed by atoms with Gasteiger partial charge in [0.25, 0.3) is 0 Å². The highest BCUT2D eigenvalue weighted by Crippen LogP contribution is 2.27. The number of carbonyl (C=O) groups is 2. The number of benzene rings is 1. The highest BCUT2D eigenvalue weighted by molar-refractivity contribution is 7.93. The van der Waals surface area contributed by atoms with Crippen LogP contribution in [0.4, 0.5) is 5.69 Å². The van der Waals surface area contributed by atoms with Crippen LogP contribution in [-0.4, -0.2) is 56.3 Å². The van der Waals surface area contributed by atoms with Crippen molar-refractivity contribution in [1.29, 1.82) is 0 Å². The smallest absolute Gasteiger partial charge is 0.244 e. The van der Waals surface area contributed by atoms with Gasteiger partial charge < -0.3 is 15.0 Å². The predicted octanol–water partition coefficient (Wildman–Crippen LogP) is 1.96. The lowest BCUT2D eigenvalue weighted by atomic mass is 10.3. The van der Waals surface area contributed by atoms with Gasteiger partial charge in [-0.2, -0.15) is 0 Å². The first-order valence-electron chi connectivity index (χ1n) is 7.61. The van der Waals surface area contributed by atoms with Crippen LogP contribution < -0.4 is 10.1 Å². The van der Waals surface area contributed by atoms with Crippen LogP contribution in [0.25, 0.3) is 0 Å². The molecule has 7 nitrogen and oxygen atoms in total. The number of nitrogens with zero attached hydrogens (tertiary/aromatic N) is 1. The molecule has 0 radical (unpaired) electrons. The molecule has 0 heterocycles. The molecule has 1 unspecified atom stereocenters. The van der Waals surface area contributed by atoms with E-state index in [2.05, 4.69) is 5.32 Å². The lowest BCUT2D eigenvalue weighted by Crippen LogP contribution is -2.44. The van der Waals surface area contributed by atoms with Gasteiger partial charge in [-0.05, 0) is 39.0 Å². The average Bonchev–Trinajstić information content (AvgIpc) is 2.53. The molecule has 1 aromatic carbocycles. The molecular weight excluding hydrogens is 368 g/mol. The molecule has 0 bridgehead atoms. The number of rotatable bonds is 7. The van der Waals surface area contributed by atoms with E-state index in [-0.39, 0.29) is 6.54 Å². The molecule has 2 amide bonds. The van der Waals surface area contributed by atoms with Gasteiger partial charge in [0.2, 0.25) is 11.8 Å². The van der Waals surface area contributed by atoms with Gasteiger partial charge in [-0.25, -0.2) is 8.42 Å². The second-order valence-electron chi connectivity index (χ2n) is 5.87. The van der Waals surface area contributed by atoms with Gasteiger partial charge in [-0.1, -0.05) is 11.6 Å². The first kappa shape index (κ1) is 21.2. The zero-order valence-electron chi connectivity index (χ0n) is 14.9. The maximum Gasteiger partial charge on any atom is 0.244 e. The highest BCUT2D eigenvalue weighted by Gasteiger charge is 2.33. The summed E-state index contributed by atoms with van der Waals surface area (Å²) in [6, 6.07) is 4.74. The third kappa shape index (κ3) is 5.34. The van der Waals surface area contributed by atoms with Crippen molar-refractivity contribution < 1.29 is 22.7 Å². The van der Waals surface area contributed by atoms with Crippen LogP contribution in [0.2, 0.25) is 5.02 Å². The minimum atomic E-state index is -3.59. The van der Waals surface area contributed by atoms with Crippen LogP contribution in [0.5, 0.6) is 5.75 Å². The fourth-order valence-electron chi connectivity index (χ4n) is 2.12. The quantitative estimate of drug-likeness (QED) is 0.768. The first-order valence-corrected chi connectivity index (χ1v) is 9.60. The molecule has 1 atom stereocenters. The number of hydrogen-bond acceptors (Lipinski definition) is 5. The molecule has 1 rings (SSSR count). The number of likely N-dealkylation sites (N-methyl/N-ethyl adjacent to an activating group) is 1. The number of halogens is 1. The van der Waals surface area contributed by atoms with Gasteiger partial charge in [0.05, 0.1) is 24.6 Å². The summed E-state index contributed by atoms with van der Waals surface area (Å²) in [4.78, 5) is 25.5. The zero-order chi connectivity index (χ0) is 19.4.